The number of nitrogen functional groups attached to an aromatic ring is 1. The first kappa shape index (κ1) is 26.8. The maximum Gasteiger partial charge on any atom is 0.268 e. The van der Waals surface area contributed by atoms with Crippen molar-refractivity contribution in [3.63, 3.8) is 0 Å². The van der Waals surface area contributed by atoms with Crippen LogP contribution in [0.15, 0.2) is 96.2 Å². The molecular formula is C30H27ClN6O3S. The van der Waals surface area contributed by atoms with Crippen molar-refractivity contribution >= 4 is 50.1 Å². The van der Waals surface area contributed by atoms with E-state index in [-0.39, 0.29) is 22.9 Å². The Morgan fingerprint density at radius 3 is 2.44 bits per heavy atom. The minimum Gasteiger partial charge on any atom is -0.399 e. The maximum atomic E-state index is 13.5. The molecule has 1 amide bonds. The number of hydrogen-bond donors (Lipinski definition) is 3. The lowest BCUT2D eigenvalue weighted by Gasteiger charge is -2.15. The van der Waals surface area contributed by atoms with E-state index >= 15 is 0 Å². The van der Waals surface area contributed by atoms with Crippen molar-refractivity contribution in [3.05, 3.63) is 102 Å². The summed E-state index contributed by atoms with van der Waals surface area (Å²) in [5.74, 6) is 0.241. The number of carbonyl (C=O) groups is 1. The molecule has 2 unspecified atom stereocenters. The minimum absolute atomic E-state index is 0.00509. The van der Waals surface area contributed by atoms with Crippen LogP contribution in [-0.4, -0.2) is 40.3 Å². The number of fused-ring (bicyclic) bond motifs is 1. The Morgan fingerprint density at radius 1 is 0.951 bits per heavy atom. The number of hydrogen-bond acceptors (Lipinski definition) is 7. The first-order chi connectivity index (χ1) is 19.8. The van der Waals surface area contributed by atoms with Crippen LogP contribution in [0.2, 0.25) is 5.02 Å². The van der Waals surface area contributed by atoms with E-state index in [4.69, 9.17) is 22.3 Å². The van der Waals surface area contributed by atoms with Crippen LogP contribution in [0.3, 0.4) is 0 Å². The molecule has 2 aromatic heterocycles. The Bertz CT molecular complexity index is 1840. The van der Waals surface area contributed by atoms with E-state index in [2.05, 4.69) is 15.6 Å². The van der Waals surface area contributed by atoms with Gasteiger partial charge in [0.25, 0.3) is 15.9 Å². The van der Waals surface area contributed by atoms with Crippen LogP contribution >= 0.6 is 11.6 Å². The molecule has 41 heavy (non-hydrogen) atoms. The minimum atomic E-state index is -3.86. The maximum absolute atomic E-state index is 13.5. The van der Waals surface area contributed by atoms with Crippen molar-refractivity contribution in [3.8, 4) is 11.3 Å². The summed E-state index contributed by atoms with van der Waals surface area (Å²) < 4.78 is 28.3. The second-order valence-corrected chi connectivity index (χ2v) is 12.2. The average Bonchev–Trinajstić information content (AvgIpc) is 3.59. The number of para-hydroxylation sites is 1. The summed E-state index contributed by atoms with van der Waals surface area (Å²) in [7, 11) is -3.86. The van der Waals surface area contributed by atoms with Crippen LogP contribution in [-0.2, 0) is 10.0 Å². The number of carbonyl (C=O) groups excluding carboxylic acids is 1. The molecule has 1 aliphatic rings. The van der Waals surface area contributed by atoms with Gasteiger partial charge in [0.05, 0.1) is 27.3 Å². The van der Waals surface area contributed by atoms with Gasteiger partial charge < -0.3 is 16.4 Å². The summed E-state index contributed by atoms with van der Waals surface area (Å²) in [6.45, 7) is 0. The molecule has 0 spiro atoms. The summed E-state index contributed by atoms with van der Waals surface area (Å²) in [6, 6.07) is 22.4. The highest BCUT2D eigenvalue weighted by atomic mass is 35.5. The molecule has 5 aromatic rings. The normalized spacial score (nSPS) is 17.0. The van der Waals surface area contributed by atoms with Crippen molar-refractivity contribution in [2.75, 3.05) is 11.1 Å². The second-order valence-electron chi connectivity index (χ2n) is 10.0. The van der Waals surface area contributed by atoms with Gasteiger partial charge in [-0.2, -0.15) is 0 Å². The zero-order chi connectivity index (χ0) is 28.6. The van der Waals surface area contributed by atoms with Gasteiger partial charge in [0.2, 0.25) is 5.95 Å². The quantitative estimate of drug-likeness (QED) is 0.219. The van der Waals surface area contributed by atoms with Crippen molar-refractivity contribution in [2.24, 2.45) is 0 Å². The largest absolute Gasteiger partial charge is 0.399 e. The number of rotatable bonds is 7. The van der Waals surface area contributed by atoms with Crippen molar-refractivity contribution in [1.82, 2.24) is 19.3 Å². The van der Waals surface area contributed by atoms with Crippen LogP contribution < -0.4 is 16.4 Å². The molecule has 2 atom stereocenters. The Hall–Kier alpha value is -4.41. The molecule has 0 bridgehead atoms. The Kier molecular flexibility index (Phi) is 7.10. The van der Waals surface area contributed by atoms with Gasteiger partial charge in [-0.1, -0.05) is 48.0 Å². The van der Waals surface area contributed by atoms with Gasteiger partial charge in [0, 0.05) is 40.5 Å². The number of anilines is 2. The van der Waals surface area contributed by atoms with Gasteiger partial charge in [-0.3, -0.25) is 4.79 Å². The molecule has 2 heterocycles. The summed E-state index contributed by atoms with van der Waals surface area (Å²) in [5.41, 5.74) is 8.42. The smallest absolute Gasteiger partial charge is 0.268 e. The van der Waals surface area contributed by atoms with Crippen molar-refractivity contribution < 1.29 is 13.2 Å². The third-order valence-corrected chi connectivity index (χ3v) is 9.22. The molecular weight excluding hydrogens is 560 g/mol. The second kappa shape index (κ2) is 10.9. The van der Waals surface area contributed by atoms with E-state index in [9.17, 15) is 13.2 Å². The molecule has 4 N–H and O–H groups in total. The predicted molar refractivity (Wildman–Crippen MR) is 160 cm³/mol. The molecule has 9 nitrogen and oxygen atoms in total. The molecule has 1 aliphatic carbocycles. The van der Waals surface area contributed by atoms with Crippen LogP contribution in [0, 0.1) is 0 Å². The molecule has 0 saturated heterocycles. The lowest BCUT2D eigenvalue weighted by Crippen LogP contribution is -2.34. The summed E-state index contributed by atoms with van der Waals surface area (Å²) in [6.07, 6.45) is 5.41. The monoisotopic (exact) mass is 586 g/mol. The first-order valence-electron chi connectivity index (χ1n) is 13.2. The number of amides is 1. The summed E-state index contributed by atoms with van der Waals surface area (Å²) >= 11 is 6.57. The standard InChI is InChI=1S/C30H27ClN6O3S/c31-26-17-33-30(35-22-15-14-21(16-22)34-29(38)19-10-12-20(32)13-11-19)36-28(26)25-18-37(27-9-5-4-8-24(25)27)41(39,40)23-6-2-1-3-7-23/h1-13,17-18,21-22H,14-16,32H2,(H,34,38)(H,33,35,36). The molecule has 0 radical (unpaired) electrons. The average molecular weight is 587 g/mol. The number of nitrogens with one attached hydrogen (secondary N) is 2. The Balaban J connectivity index is 1.24. The van der Waals surface area contributed by atoms with Gasteiger partial charge in [0.15, 0.2) is 0 Å². The SMILES string of the molecule is Nc1ccc(C(=O)NC2CCC(Nc3ncc(Cl)c(-c4cn(S(=O)(=O)c5ccccc5)c5ccccc45)n3)C2)cc1. The highest BCUT2D eigenvalue weighted by Crippen LogP contribution is 2.36. The van der Waals surface area contributed by atoms with E-state index in [1.165, 1.54) is 10.2 Å². The fourth-order valence-corrected chi connectivity index (χ4v) is 6.78. The lowest BCUT2D eigenvalue weighted by molar-refractivity contribution is 0.0938. The number of aromatic nitrogens is 3. The van der Waals surface area contributed by atoms with Gasteiger partial charge in [-0.25, -0.2) is 22.4 Å². The zero-order valence-corrected chi connectivity index (χ0v) is 23.4. The molecule has 0 aliphatic heterocycles. The van der Waals surface area contributed by atoms with Crippen LogP contribution in [0.4, 0.5) is 11.6 Å². The van der Waals surface area contributed by atoms with E-state index in [0.29, 0.717) is 50.8 Å². The molecule has 6 rings (SSSR count). The van der Waals surface area contributed by atoms with E-state index < -0.39 is 10.0 Å². The number of halogens is 1. The Labute approximate surface area is 242 Å². The molecule has 1 fully saturated rings. The fraction of sp³-hybridized carbons (Fsp3) is 0.167. The summed E-state index contributed by atoms with van der Waals surface area (Å²) in [5, 5.41) is 7.45. The van der Waals surface area contributed by atoms with E-state index in [1.54, 1.807) is 72.9 Å². The van der Waals surface area contributed by atoms with Gasteiger partial charge >= 0.3 is 0 Å². The Morgan fingerprint density at radius 2 is 1.66 bits per heavy atom. The molecule has 11 heteroatoms. The van der Waals surface area contributed by atoms with Crippen molar-refractivity contribution in [1.29, 1.82) is 0 Å². The zero-order valence-electron chi connectivity index (χ0n) is 21.9. The van der Waals surface area contributed by atoms with E-state index in [1.807, 2.05) is 12.1 Å². The third kappa shape index (κ3) is 5.36. The van der Waals surface area contributed by atoms with Crippen LogP contribution in [0.25, 0.3) is 22.2 Å². The van der Waals surface area contributed by atoms with E-state index in [0.717, 1.165) is 12.8 Å². The topological polar surface area (TPSA) is 132 Å². The fourth-order valence-electron chi connectivity index (χ4n) is 5.20. The highest BCUT2D eigenvalue weighted by Gasteiger charge is 2.28. The third-order valence-electron chi connectivity index (χ3n) is 7.25. The predicted octanol–water partition coefficient (Wildman–Crippen LogP) is 5.33. The summed E-state index contributed by atoms with van der Waals surface area (Å²) in [4.78, 5) is 21.9. The van der Waals surface area contributed by atoms with Gasteiger partial charge in [0.1, 0.15) is 0 Å². The van der Waals surface area contributed by atoms with Crippen LogP contribution in [0.5, 0.6) is 0 Å². The number of nitrogens with two attached hydrogens (primary N) is 1. The van der Waals surface area contributed by atoms with Crippen LogP contribution in [0.1, 0.15) is 29.6 Å². The molecule has 1 saturated carbocycles. The van der Waals surface area contributed by atoms with Gasteiger partial charge in [-0.15, -0.1) is 0 Å². The first-order valence-corrected chi connectivity index (χ1v) is 15.0. The highest BCUT2D eigenvalue weighted by molar-refractivity contribution is 7.90. The molecule has 3 aromatic carbocycles. The van der Waals surface area contributed by atoms with Crippen molar-refractivity contribution in [2.45, 2.75) is 36.2 Å². The lowest BCUT2D eigenvalue weighted by atomic mass is 10.1. The number of benzene rings is 3. The molecule has 208 valence electrons. The van der Waals surface area contributed by atoms with Gasteiger partial charge in [-0.05, 0) is 61.7 Å². The number of nitrogens with zero attached hydrogens (tertiary/aromatic N) is 3.